The molecule has 0 spiro atoms. The number of nitrogens with one attached hydrogen (secondary N) is 1. The van der Waals surface area contributed by atoms with Crippen LogP contribution in [0.3, 0.4) is 0 Å². The van der Waals surface area contributed by atoms with E-state index in [1.807, 2.05) is 31.2 Å². The summed E-state index contributed by atoms with van der Waals surface area (Å²) in [5.41, 5.74) is 7.87. The van der Waals surface area contributed by atoms with Crippen molar-refractivity contribution in [2.24, 2.45) is 0 Å². The van der Waals surface area contributed by atoms with Crippen LogP contribution < -0.4 is 20.5 Å². The fourth-order valence-corrected chi connectivity index (χ4v) is 2.68. The Morgan fingerprint density at radius 3 is 2.56 bits per heavy atom. The summed E-state index contributed by atoms with van der Waals surface area (Å²) in [5, 5.41) is 3.12. The van der Waals surface area contributed by atoms with E-state index >= 15 is 0 Å². The van der Waals surface area contributed by atoms with Crippen molar-refractivity contribution < 1.29 is 9.47 Å². The lowest BCUT2D eigenvalue weighted by atomic mass is 9.99. The summed E-state index contributed by atoms with van der Waals surface area (Å²) in [6.45, 7) is 6.23. The van der Waals surface area contributed by atoms with Gasteiger partial charge in [-0.15, -0.1) is 0 Å². The van der Waals surface area contributed by atoms with Crippen LogP contribution in [0.25, 0.3) is 0 Å². The Kier molecular flexibility index (Phi) is 5.40. The van der Waals surface area contributed by atoms with E-state index in [0.29, 0.717) is 23.1 Å². The average Bonchev–Trinajstić information content (AvgIpc) is 2.65. The van der Waals surface area contributed by atoms with E-state index in [2.05, 4.69) is 40.2 Å². The molecule has 2 aromatic heterocycles. The molecular formula is C20H23N5O2. The zero-order valence-corrected chi connectivity index (χ0v) is 15.9. The number of nitrogen functional groups attached to an aromatic ring is 1. The van der Waals surface area contributed by atoms with Gasteiger partial charge in [0.15, 0.2) is 11.6 Å². The summed E-state index contributed by atoms with van der Waals surface area (Å²) in [7, 11) is 1.64. The van der Waals surface area contributed by atoms with Gasteiger partial charge in [-0.2, -0.15) is 4.98 Å². The molecule has 1 aromatic carbocycles. The molecule has 0 unspecified atom stereocenters. The van der Waals surface area contributed by atoms with Gasteiger partial charge >= 0.3 is 0 Å². The van der Waals surface area contributed by atoms with Gasteiger partial charge in [-0.25, -0.2) is 9.97 Å². The van der Waals surface area contributed by atoms with Crippen LogP contribution in [0.1, 0.15) is 30.9 Å². The molecule has 2 heterocycles. The Hall–Kier alpha value is -3.35. The molecule has 0 aliphatic heterocycles. The first-order chi connectivity index (χ1) is 13.0. The summed E-state index contributed by atoms with van der Waals surface area (Å²) in [6, 6.07) is 9.50. The maximum Gasteiger partial charge on any atom is 0.222 e. The zero-order chi connectivity index (χ0) is 19.4. The number of nitrogens with two attached hydrogens (primary N) is 1. The number of hydrogen-bond donors (Lipinski definition) is 2. The molecule has 0 aliphatic rings. The molecule has 140 valence electrons. The number of benzene rings is 1. The SMILES string of the molecule is COc1cc(Oc2cnc(N)nc2Nc2ccccn2)c(C(C)C)cc1C. The van der Waals surface area contributed by atoms with Gasteiger partial charge in [0.1, 0.15) is 17.3 Å². The number of pyridine rings is 1. The van der Waals surface area contributed by atoms with Crippen LogP contribution in [-0.4, -0.2) is 22.1 Å². The number of hydrogen-bond acceptors (Lipinski definition) is 7. The van der Waals surface area contributed by atoms with Crippen molar-refractivity contribution in [2.75, 3.05) is 18.2 Å². The highest BCUT2D eigenvalue weighted by atomic mass is 16.5. The second-order valence-electron chi connectivity index (χ2n) is 6.40. The number of methoxy groups -OCH3 is 1. The first-order valence-corrected chi connectivity index (χ1v) is 8.65. The molecule has 3 rings (SSSR count). The topological polar surface area (TPSA) is 95.2 Å². The van der Waals surface area contributed by atoms with Crippen LogP contribution in [0.4, 0.5) is 17.6 Å². The molecular weight excluding hydrogens is 342 g/mol. The second kappa shape index (κ2) is 7.90. The maximum absolute atomic E-state index is 6.18. The number of aryl methyl sites for hydroxylation is 1. The molecule has 7 heteroatoms. The molecule has 0 radical (unpaired) electrons. The van der Waals surface area contributed by atoms with Crippen LogP contribution in [-0.2, 0) is 0 Å². The standard InChI is InChI=1S/C20H23N5O2/c1-12(2)14-9-13(3)15(26-4)10-16(14)27-17-11-23-20(21)25-19(17)24-18-7-5-6-8-22-18/h5-12H,1-4H3,(H3,21,22,23,24,25). The van der Waals surface area contributed by atoms with Crippen LogP contribution in [0.15, 0.2) is 42.7 Å². The van der Waals surface area contributed by atoms with Gasteiger partial charge in [0.2, 0.25) is 5.95 Å². The van der Waals surface area contributed by atoms with E-state index in [1.165, 1.54) is 0 Å². The van der Waals surface area contributed by atoms with E-state index in [-0.39, 0.29) is 11.9 Å². The lowest BCUT2D eigenvalue weighted by Crippen LogP contribution is -2.04. The van der Waals surface area contributed by atoms with Gasteiger partial charge in [-0.05, 0) is 42.2 Å². The minimum absolute atomic E-state index is 0.145. The lowest BCUT2D eigenvalue weighted by molar-refractivity contribution is 0.404. The van der Waals surface area contributed by atoms with Crippen molar-refractivity contribution in [3.05, 3.63) is 53.9 Å². The highest BCUT2D eigenvalue weighted by Gasteiger charge is 2.16. The predicted molar refractivity (Wildman–Crippen MR) is 106 cm³/mol. The minimum atomic E-state index is 0.145. The van der Waals surface area contributed by atoms with Gasteiger partial charge in [-0.1, -0.05) is 19.9 Å². The summed E-state index contributed by atoms with van der Waals surface area (Å²) >= 11 is 0. The van der Waals surface area contributed by atoms with Crippen LogP contribution in [0.2, 0.25) is 0 Å². The third-order valence-electron chi connectivity index (χ3n) is 4.05. The van der Waals surface area contributed by atoms with Gasteiger partial charge in [-0.3, -0.25) is 0 Å². The predicted octanol–water partition coefficient (Wildman–Crippen LogP) is 4.43. The zero-order valence-electron chi connectivity index (χ0n) is 15.9. The Morgan fingerprint density at radius 1 is 1.07 bits per heavy atom. The van der Waals surface area contributed by atoms with Gasteiger partial charge < -0.3 is 20.5 Å². The van der Waals surface area contributed by atoms with E-state index in [9.17, 15) is 0 Å². The van der Waals surface area contributed by atoms with Gasteiger partial charge in [0.05, 0.1) is 13.3 Å². The van der Waals surface area contributed by atoms with E-state index in [4.69, 9.17) is 15.2 Å². The van der Waals surface area contributed by atoms with E-state index < -0.39 is 0 Å². The maximum atomic E-state index is 6.18. The van der Waals surface area contributed by atoms with Crippen LogP contribution >= 0.6 is 0 Å². The average molecular weight is 365 g/mol. The number of rotatable bonds is 6. The van der Waals surface area contributed by atoms with Crippen molar-refractivity contribution in [1.82, 2.24) is 15.0 Å². The fourth-order valence-electron chi connectivity index (χ4n) is 2.68. The quantitative estimate of drug-likeness (QED) is 0.667. The highest BCUT2D eigenvalue weighted by molar-refractivity contribution is 5.61. The lowest BCUT2D eigenvalue weighted by Gasteiger charge is -2.18. The molecule has 0 aliphatic carbocycles. The van der Waals surface area contributed by atoms with Crippen LogP contribution in [0, 0.1) is 6.92 Å². The Morgan fingerprint density at radius 2 is 1.89 bits per heavy atom. The van der Waals surface area contributed by atoms with Crippen molar-refractivity contribution in [3.8, 4) is 17.2 Å². The third kappa shape index (κ3) is 4.25. The Balaban J connectivity index is 2.01. The summed E-state index contributed by atoms with van der Waals surface area (Å²) in [6.07, 6.45) is 3.24. The number of aromatic nitrogens is 3. The Bertz CT molecular complexity index is 929. The third-order valence-corrected chi connectivity index (χ3v) is 4.05. The normalized spacial score (nSPS) is 10.7. The minimum Gasteiger partial charge on any atom is -0.496 e. The summed E-state index contributed by atoms with van der Waals surface area (Å²) in [4.78, 5) is 12.6. The summed E-state index contributed by atoms with van der Waals surface area (Å²) < 4.78 is 11.6. The first-order valence-electron chi connectivity index (χ1n) is 8.65. The molecule has 0 bridgehead atoms. The molecule has 0 atom stereocenters. The molecule has 7 nitrogen and oxygen atoms in total. The number of nitrogens with zero attached hydrogens (tertiary/aromatic N) is 3. The van der Waals surface area contributed by atoms with Crippen molar-refractivity contribution >= 4 is 17.6 Å². The first kappa shape index (κ1) is 18.4. The largest absolute Gasteiger partial charge is 0.496 e. The van der Waals surface area contributed by atoms with Crippen molar-refractivity contribution in [3.63, 3.8) is 0 Å². The molecule has 0 amide bonds. The fraction of sp³-hybridized carbons (Fsp3) is 0.250. The highest BCUT2D eigenvalue weighted by Crippen LogP contribution is 2.38. The molecule has 0 saturated heterocycles. The number of anilines is 3. The second-order valence-corrected chi connectivity index (χ2v) is 6.40. The van der Waals surface area contributed by atoms with Crippen LogP contribution in [0.5, 0.6) is 17.2 Å². The molecule has 3 aromatic rings. The molecule has 27 heavy (non-hydrogen) atoms. The van der Waals surface area contributed by atoms with Gasteiger partial charge in [0, 0.05) is 12.3 Å². The molecule has 3 N–H and O–H groups in total. The van der Waals surface area contributed by atoms with Gasteiger partial charge in [0.25, 0.3) is 0 Å². The van der Waals surface area contributed by atoms with Crippen molar-refractivity contribution in [2.45, 2.75) is 26.7 Å². The van der Waals surface area contributed by atoms with E-state index in [0.717, 1.165) is 16.9 Å². The Labute approximate surface area is 158 Å². The molecule has 0 saturated carbocycles. The smallest absolute Gasteiger partial charge is 0.222 e. The molecule has 0 fully saturated rings. The number of ether oxygens (including phenoxy) is 2. The monoisotopic (exact) mass is 365 g/mol. The van der Waals surface area contributed by atoms with E-state index in [1.54, 1.807) is 19.5 Å². The summed E-state index contributed by atoms with van der Waals surface area (Å²) in [5.74, 6) is 3.37. The van der Waals surface area contributed by atoms with Crippen molar-refractivity contribution in [1.29, 1.82) is 0 Å².